The van der Waals surface area contributed by atoms with Gasteiger partial charge in [-0.25, -0.2) is 4.98 Å². The fourth-order valence-corrected chi connectivity index (χ4v) is 6.08. The lowest BCUT2D eigenvalue weighted by Gasteiger charge is -2.24. The van der Waals surface area contributed by atoms with Gasteiger partial charge in [-0.1, -0.05) is 67.5 Å². The summed E-state index contributed by atoms with van der Waals surface area (Å²) in [5.74, 6) is -1.08. The lowest BCUT2D eigenvalue weighted by atomic mass is 9.95. The third-order valence-corrected chi connectivity index (χ3v) is 8.07. The van der Waals surface area contributed by atoms with Crippen molar-refractivity contribution < 1.29 is 23.8 Å². The van der Waals surface area contributed by atoms with E-state index in [4.69, 9.17) is 14.1 Å². The number of unbranched alkanes of at least 4 members (excludes halogenated alkanes) is 2. The van der Waals surface area contributed by atoms with Crippen LogP contribution in [-0.2, 0) is 4.79 Å². The van der Waals surface area contributed by atoms with Gasteiger partial charge in [0.15, 0.2) is 16.7 Å². The summed E-state index contributed by atoms with van der Waals surface area (Å²) in [5, 5.41) is 12.3. The summed E-state index contributed by atoms with van der Waals surface area (Å²) in [6.07, 6.45) is 3.17. The molecule has 3 heterocycles. The minimum absolute atomic E-state index is 0.0453. The fraction of sp³-hybridized carbons (Fsp3) is 0.219. The molecule has 3 aromatic carbocycles. The summed E-state index contributed by atoms with van der Waals surface area (Å²) < 4.78 is 12.6. The molecule has 1 amide bonds. The predicted octanol–water partition coefficient (Wildman–Crippen LogP) is 7.70. The van der Waals surface area contributed by atoms with E-state index >= 15 is 0 Å². The molecule has 0 radical (unpaired) electrons. The quantitative estimate of drug-likeness (QED) is 0.149. The van der Waals surface area contributed by atoms with E-state index in [1.54, 1.807) is 12.1 Å². The highest BCUT2D eigenvalue weighted by Gasteiger charge is 2.46. The molecule has 1 aliphatic heterocycles. The van der Waals surface area contributed by atoms with Crippen molar-refractivity contribution in [3.8, 4) is 5.75 Å². The number of benzene rings is 3. The Kier molecular flexibility index (Phi) is 6.86. The monoisotopic (exact) mass is 552 g/mol. The largest absolute Gasteiger partial charge is 0.503 e. The van der Waals surface area contributed by atoms with Gasteiger partial charge >= 0.3 is 0 Å². The zero-order chi connectivity index (χ0) is 27.8. The van der Waals surface area contributed by atoms with Gasteiger partial charge in [-0.2, -0.15) is 0 Å². The number of ether oxygens (including phenoxy) is 1. The Bertz CT molecular complexity index is 1730. The number of anilines is 1. The van der Waals surface area contributed by atoms with Crippen molar-refractivity contribution in [3.63, 3.8) is 0 Å². The number of ketones is 1. The topological polar surface area (TPSA) is 92.9 Å². The number of aryl methyl sites for hydroxylation is 1. The number of hydrogen-bond acceptors (Lipinski definition) is 7. The number of aromatic nitrogens is 1. The summed E-state index contributed by atoms with van der Waals surface area (Å²) in [6, 6.07) is 21.2. The number of aliphatic hydroxyl groups is 1. The highest BCUT2D eigenvalue weighted by atomic mass is 32.1. The highest BCUT2D eigenvalue weighted by molar-refractivity contribution is 7.22. The molecule has 40 heavy (non-hydrogen) atoms. The molecule has 0 bridgehead atoms. The van der Waals surface area contributed by atoms with Gasteiger partial charge in [0.2, 0.25) is 5.78 Å². The van der Waals surface area contributed by atoms with E-state index in [0.717, 1.165) is 40.4 Å². The highest BCUT2D eigenvalue weighted by Crippen LogP contribution is 2.44. The molecule has 0 saturated heterocycles. The first-order chi connectivity index (χ1) is 19.4. The minimum atomic E-state index is -0.899. The number of carbonyl (C=O) groups excluding carboxylic acids is 2. The van der Waals surface area contributed by atoms with Crippen LogP contribution in [0, 0.1) is 6.92 Å². The molecule has 0 saturated carbocycles. The minimum Gasteiger partial charge on any atom is -0.503 e. The van der Waals surface area contributed by atoms with Crippen molar-refractivity contribution in [2.45, 2.75) is 39.2 Å². The molecular formula is C32H28N2O5S. The van der Waals surface area contributed by atoms with Gasteiger partial charge in [-0.05, 0) is 60.9 Å². The Hall–Kier alpha value is -4.43. The number of carbonyl (C=O) groups is 2. The lowest BCUT2D eigenvalue weighted by molar-refractivity contribution is -0.117. The van der Waals surface area contributed by atoms with Crippen molar-refractivity contribution in [2.75, 3.05) is 11.5 Å². The van der Waals surface area contributed by atoms with Crippen molar-refractivity contribution in [1.82, 2.24) is 4.98 Å². The first kappa shape index (κ1) is 25.8. The molecule has 8 heteroatoms. The summed E-state index contributed by atoms with van der Waals surface area (Å²) in [7, 11) is 0. The molecule has 202 valence electrons. The Morgan fingerprint density at radius 2 is 1.88 bits per heavy atom. The summed E-state index contributed by atoms with van der Waals surface area (Å²) in [4.78, 5) is 33.6. The third kappa shape index (κ3) is 4.64. The van der Waals surface area contributed by atoms with Crippen LogP contribution in [0.2, 0.25) is 0 Å². The number of aliphatic hydroxyl groups excluding tert-OH is 1. The number of rotatable bonds is 9. The first-order valence-corrected chi connectivity index (χ1v) is 14.2. The van der Waals surface area contributed by atoms with E-state index in [1.165, 1.54) is 16.2 Å². The fourth-order valence-electron chi connectivity index (χ4n) is 4.99. The number of Topliss-reactive ketones (excluding diaryl/α,β-unsaturated/α-hetero) is 1. The van der Waals surface area contributed by atoms with E-state index in [1.807, 2.05) is 67.6 Å². The molecular weight excluding hydrogens is 524 g/mol. The molecule has 1 N–H and O–H groups in total. The van der Waals surface area contributed by atoms with Crippen LogP contribution in [-0.4, -0.2) is 28.4 Å². The van der Waals surface area contributed by atoms with Gasteiger partial charge < -0.3 is 14.3 Å². The van der Waals surface area contributed by atoms with E-state index in [2.05, 4.69) is 6.92 Å². The van der Waals surface area contributed by atoms with Crippen LogP contribution in [0.3, 0.4) is 0 Å². The Morgan fingerprint density at radius 1 is 1.07 bits per heavy atom. The molecule has 1 unspecified atom stereocenters. The zero-order valence-electron chi connectivity index (χ0n) is 22.2. The molecule has 2 aromatic heterocycles. The summed E-state index contributed by atoms with van der Waals surface area (Å²) in [6.45, 7) is 4.75. The van der Waals surface area contributed by atoms with Crippen LogP contribution in [0.15, 0.2) is 88.5 Å². The lowest BCUT2D eigenvalue weighted by Crippen LogP contribution is -2.30. The van der Waals surface area contributed by atoms with Crippen LogP contribution in [0.4, 0.5) is 5.13 Å². The molecule has 1 atom stereocenters. The van der Waals surface area contributed by atoms with Crippen LogP contribution in [0.25, 0.3) is 21.2 Å². The van der Waals surface area contributed by atoms with Crippen molar-refractivity contribution in [2.24, 2.45) is 0 Å². The molecule has 0 aliphatic carbocycles. The van der Waals surface area contributed by atoms with Crippen molar-refractivity contribution in [1.29, 1.82) is 0 Å². The van der Waals surface area contributed by atoms with Gasteiger partial charge in [-0.3, -0.25) is 14.5 Å². The molecule has 0 fully saturated rings. The van der Waals surface area contributed by atoms with E-state index in [0.29, 0.717) is 28.6 Å². The second-order valence-electron chi connectivity index (χ2n) is 9.91. The van der Waals surface area contributed by atoms with Crippen molar-refractivity contribution >= 4 is 49.3 Å². The average Bonchev–Trinajstić information content (AvgIpc) is 3.65. The second kappa shape index (κ2) is 10.6. The SMILES string of the molecule is CCCCCOc1ccc(C2C(C(=O)c3cc4ccccc4o3)=C(O)C(=O)N2c2nc3ccc(C)cc3s2)cc1. The number of amides is 1. The Balaban J connectivity index is 1.42. The molecule has 1 aliphatic rings. The summed E-state index contributed by atoms with van der Waals surface area (Å²) >= 11 is 1.34. The predicted molar refractivity (Wildman–Crippen MR) is 156 cm³/mol. The Labute approximate surface area is 235 Å². The molecule has 7 nitrogen and oxygen atoms in total. The molecule has 6 rings (SSSR count). The molecule has 0 spiro atoms. The van der Waals surface area contributed by atoms with E-state index in [-0.39, 0.29) is 11.3 Å². The number of fused-ring (bicyclic) bond motifs is 2. The Morgan fingerprint density at radius 3 is 2.65 bits per heavy atom. The van der Waals surface area contributed by atoms with Crippen molar-refractivity contribution in [3.05, 3.63) is 101 Å². The van der Waals surface area contributed by atoms with Crippen LogP contribution in [0.1, 0.15) is 53.9 Å². The maximum Gasteiger partial charge on any atom is 0.296 e. The third-order valence-electron chi connectivity index (χ3n) is 7.05. The maximum atomic E-state index is 13.9. The van der Waals surface area contributed by atoms with E-state index in [9.17, 15) is 14.7 Å². The van der Waals surface area contributed by atoms with E-state index < -0.39 is 23.5 Å². The second-order valence-corrected chi connectivity index (χ2v) is 10.9. The zero-order valence-corrected chi connectivity index (χ0v) is 23.0. The number of furan rings is 1. The van der Waals surface area contributed by atoms with Gasteiger partial charge in [0, 0.05) is 5.39 Å². The number of para-hydroxylation sites is 1. The standard InChI is InChI=1S/C32H28N2O5S/c1-3-4-7-16-38-22-13-11-20(12-14-22)28-27(29(35)25-18-21-8-5-6-9-24(21)39-25)30(36)31(37)34(28)32-33-23-15-10-19(2)17-26(23)40-32/h5-6,8-15,17-18,28,36H,3-4,7,16H2,1-2H3. The van der Waals surface area contributed by atoms with Gasteiger partial charge in [0.25, 0.3) is 5.91 Å². The van der Waals surface area contributed by atoms with Gasteiger partial charge in [-0.15, -0.1) is 0 Å². The van der Waals surface area contributed by atoms with Gasteiger partial charge in [0.1, 0.15) is 11.3 Å². The van der Waals surface area contributed by atoms with Crippen LogP contribution in [0.5, 0.6) is 5.75 Å². The number of nitrogens with zero attached hydrogens (tertiary/aromatic N) is 2. The maximum absolute atomic E-state index is 13.9. The normalized spacial score (nSPS) is 15.5. The molecule has 5 aromatic rings. The smallest absolute Gasteiger partial charge is 0.296 e. The number of hydrogen-bond donors (Lipinski definition) is 1. The van der Waals surface area contributed by atoms with Gasteiger partial charge in [0.05, 0.1) is 28.4 Å². The van der Waals surface area contributed by atoms with Crippen LogP contribution < -0.4 is 9.64 Å². The summed E-state index contributed by atoms with van der Waals surface area (Å²) in [5.41, 5.74) is 2.96. The first-order valence-electron chi connectivity index (χ1n) is 13.3. The average molecular weight is 553 g/mol. The van der Waals surface area contributed by atoms with Crippen LogP contribution >= 0.6 is 11.3 Å². The number of thiazole rings is 1.